The van der Waals surface area contributed by atoms with E-state index < -0.39 is 12.1 Å². The Bertz CT molecular complexity index is 1140. The summed E-state index contributed by atoms with van der Waals surface area (Å²) in [5.74, 6) is -0.0764. The Hall–Kier alpha value is -2.69. The molecule has 3 N–H and O–H groups in total. The maximum absolute atomic E-state index is 12.4. The van der Waals surface area contributed by atoms with Gasteiger partial charge in [0.1, 0.15) is 0 Å². The quantitative estimate of drug-likeness (QED) is 0.0422. The molecule has 0 aliphatic heterocycles. The minimum Gasteiger partial charge on any atom is -0.394 e. The number of nitrogens with one attached hydrogen (secondary N) is 1. The normalized spacial score (nSPS) is 13.7. The van der Waals surface area contributed by atoms with E-state index in [1.54, 1.807) is 6.08 Å². The minimum atomic E-state index is -0.864. The number of unbranched alkanes of at least 4 members (excludes halogenated alkanes) is 25. The fourth-order valence-electron chi connectivity index (χ4n) is 7.37. The van der Waals surface area contributed by atoms with Gasteiger partial charge in [0.15, 0.2) is 0 Å². The van der Waals surface area contributed by atoms with Crippen LogP contribution in [0.1, 0.15) is 239 Å². The summed E-state index contributed by atoms with van der Waals surface area (Å²) in [6, 6.07) is -0.641. The highest BCUT2D eigenvalue weighted by Crippen LogP contribution is 2.15. The molecule has 2 unspecified atom stereocenters. The van der Waals surface area contributed by atoms with Gasteiger partial charge in [0.25, 0.3) is 0 Å². The second-order valence-electron chi connectivity index (χ2n) is 17.2. The van der Waals surface area contributed by atoms with Crippen LogP contribution in [-0.2, 0) is 4.79 Å². The van der Waals surface area contributed by atoms with E-state index in [1.165, 1.54) is 148 Å². The third kappa shape index (κ3) is 48.2. The van der Waals surface area contributed by atoms with E-state index in [1.807, 2.05) is 6.08 Å². The molecule has 0 saturated heterocycles. The van der Waals surface area contributed by atoms with Crippen molar-refractivity contribution in [1.82, 2.24) is 5.32 Å². The first-order valence-corrected chi connectivity index (χ1v) is 26.0. The van der Waals surface area contributed by atoms with E-state index in [-0.39, 0.29) is 12.5 Å². The number of aliphatic hydroxyl groups excluding tert-OH is 2. The third-order valence-electron chi connectivity index (χ3n) is 11.3. The van der Waals surface area contributed by atoms with E-state index >= 15 is 0 Å². The van der Waals surface area contributed by atoms with Crippen molar-refractivity contribution >= 4 is 5.91 Å². The van der Waals surface area contributed by atoms with Crippen LogP contribution >= 0.6 is 0 Å². The van der Waals surface area contributed by atoms with E-state index in [9.17, 15) is 15.0 Å². The smallest absolute Gasteiger partial charge is 0.220 e. The Labute approximate surface area is 379 Å². The molecule has 2 atom stereocenters. The number of rotatable bonds is 46. The van der Waals surface area contributed by atoms with Crippen LogP contribution in [0.3, 0.4) is 0 Å². The molecule has 0 aromatic carbocycles. The first kappa shape index (κ1) is 58.3. The maximum atomic E-state index is 12.4. The molecule has 1 amide bonds. The zero-order valence-electron chi connectivity index (χ0n) is 40.2. The van der Waals surface area contributed by atoms with Gasteiger partial charge in [0.05, 0.1) is 18.8 Å². The first-order valence-electron chi connectivity index (χ1n) is 26.0. The minimum absolute atomic E-state index is 0.0764. The fraction of sp³-hybridized carbons (Fsp3) is 0.702. The largest absolute Gasteiger partial charge is 0.394 e. The molecule has 0 spiro atoms. The second kappa shape index (κ2) is 51.7. The van der Waals surface area contributed by atoms with Gasteiger partial charge in [-0.15, -0.1) is 0 Å². The standard InChI is InChI=1S/C57H99NO3/c1-3-5-7-9-11-13-15-17-18-19-20-21-22-23-24-25-26-27-28-29-30-31-32-33-34-35-36-37-38-39-40-41-43-45-47-49-51-53-57(61)58-55(54-59)56(60)52-50-48-46-44-42-16-14-12-10-8-6-4-2/h5,7,11,13,17-18,20-21,23-24,26-27,42,44,50,52,55-56,59-60H,3-4,6,8-10,12,14-16,19,22,25,28-41,43,45-49,51,53-54H2,1-2H3,(H,58,61)/b7-5-,13-11-,18-17-,21-20-,24-23-,27-26-,44-42+,52-50+. The molecule has 0 aliphatic rings. The van der Waals surface area contributed by atoms with Gasteiger partial charge >= 0.3 is 0 Å². The van der Waals surface area contributed by atoms with Gasteiger partial charge in [0, 0.05) is 6.42 Å². The van der Waals surface area contributed by atoms with Crippen molar-refractivity contribution in [1.29, 1.82) is 0 Å². The average Bonchev–Trinajstić information content (AvgIpc) is 3.26. The molecular formula is C57H99NO3. The van der Waals surface area contributed by atoms with Crippen LogP contribution in [0.2, 0.25) is 0 Å². The highest BCUT2D eigenvalue weighted by Gasteiger charge is 2.17. The van der Waals surface area contributed by atoms with Gasteiger partial charge in [-0.05, 0) is 83.5 Å². The summed E-state index contributed by atoms with van der Waals surface area (Å²) in [5, 5.41) is 23.0. The summed E-state index contributed by atoms with van der Waals surface area (Å²) in [4.78, 5) is 12.4. The van der Waals surface area contributed by atoms with Crippen LogP contribution in [0.5, 0.6) is 0 Å². The van der Waals surface area contributed by atoms with Crippen LogP contribution in [0, 0.1) is 0 Å². The number of allylic oxidation sites excluding steroid dienone is 15. The topological polar surface area (TPSA) is 69.6 Å². The Balaban J connectivity index is 3.49. The fourth-order valence-corrected chi connectivity index (χ4v) is 7.37. The lowest BCUT2D eigenvalue weighted by Gasteiger charge is -2.19. The number of hydrogen-bond acceptors (Lipinski definition) is 3. The number of hydrogen-bond donors (Lipinski definition) is 3. The monoisotopic (exact) mass is 846 g/mol. The molecule has 0 aromatic heterocycles. The van der Waals surface area contributed by atoms with Gasteiger partial charge in [-0.2, -0.15) is 0 Å². The molecule has 4 nitrogen and oxygen atoms in total. The molecule has 0 rings (SSSR count). The van der Waals surface area contributed by atoms with Crippen LogP contribution < -0.4 is 5.32 Å². The molecule has 0 aliphatic carbocycles. The van der Waals surface area contributed by atoms with Crippen molar-refractivity contribution in [3.63, 3.8) is 0 Å². The molecule has 61 heavy (non-hydrogen) atoms. The van der Waals surface area contributed by atoms with Crippen molar-refractivity contribution in [2.75, 3.05) is 6.61 Å². The zero-order valence-corrected chi connectivity index (χ0v) is 40.2. The predicted molar refractivity (Wildman–Crippen MR) is 271 cm³/mol. The van der Waals surface area contributed by atoms with Crippen LogP contribution in [0.4, 0.5) is 0 Å². The molecule has 0 radical (unpaired) electrons. The van der Waals surface area contributed by atoms with E-state index in [0.29, 0.717) is 6.42 Å². The van der Waals surface area contributed by atoms with E-state index in [0.717, 1.165) is 70.6 Å². The molecule has 0 aromatic rings. The van der Waals surface area contributed by atoms with Crippen LogP contribution in [0.15, 0.2) is 97.2 Å². The number of amides is 1. The van der Waals surface area contributed by atoms with E-state index in [4.69, 9.17) is 0 Å². The highest BCUT2D eigenvalue weighted by atomic mass is 16.3. The number of carbonyl (C=O) groups excluding carboxylic acids is 1. The van der Waals surface area contributed by atoms with Crippen molar-refractivity contribution in [3.8, 4) is 0 Å². The van der Waals surface area contributed by atoms with E-state index in [2.05, 4.69) is 104 Å². The van der Waals surface area contributed by atoms with Crippen molar-refractivity contribution in [3.05, 3.63) is 97.2 Å². The molecule has 0 bridgehead atoms. The molecule has 0 heterocycles. The van der Waals surface area contributed by atoms with Gasteiger partial charge < -0.3 is 15.5 Å². The first-order chi connectivity index (χ1) is 30.2. The predicted octanol–water partition coefficient (Wildman–Crippen LogP) is 17.0. The summed E-state index contributed by atoms with van der Waals surface area (Å²) < 4.78 is 0. The molecular weight excluding hydrogens is 747 g/mol. The van der Waals surface area contributed by atoms with Crippen LogP contribution in [-0.4, -0.2) is 34.9 Å². The van der Waals surface area contributed by atoms with Crippen molar-refractivity contribution < 1.29 is 15.0 Å². The average molecular weight is 846 g/mol. The molecule has 4 heteroatoms. The van der Waals surface area contributed by atoms with Gasteiger partial charge in [0.2, 0.25) is 5.91 Å². The molecule has 350 valence electrons. The third-order valence-corrected chi connectivity index (χ3v) is 11.3. The summed E-state index contributed by atoms with van der Waals surface area (Å²) in [5.41, 5.74) is 0. The van der Waals surface area contributed by atoms with Crippen molar-refractivity contribution in [2.45, 2.75) is 251 Å². The molecule has 0 saturated carbocycles. The summed E-state index contributed by atoms with van der Waals surface area (Å²) >= 11 is 0. The Morgan fingerprint density at radius 3 is 1.15 bits per heavy atom. The summed E-state index contributed by atoms with van der Waals surface area (Å²) in [6.45, 7) is 4.16. The molecule has 0 fully saturated rings. The lowest BCUT2D eigenvalue weighted by Crippen LogP contribution is -2.45. The van der Waals surface area contributed by atoms with Crippen molar-refractivity contribution in [2.24, 2.45) is 0 Å². The van der Waals surface area contributed by atoms with Gasteiger partial charge in [-0.1, -0.05) is 246 Å². The van der Waals surface area contributed by atoms with Gasteiger partial charge in [-0.3, -0.25) is 4.79 Å². The lowest BCUT2D eigenvalue weighted by molar-refractivity contribution is -0.123. The zero-order chi connectivity index (χ0) is 44.2. The number of carbonyl (C=O) groups is 1. The Morgan fingerprint density at radius 1 is 0.410 bits per heavy atom. The summed E-state index contributed by atoms with van der Waals surface area (Å²) in [6.07, 6.45) is 77.0. The Kier molecular flexibility index (Phi) is 49.4. The van der Waals surface area contributed by atoms with Crippen LogP contribution in [0.25, 0.3) is 0 Å². The maximum Gasteiger partial charge on any atom is 0.220 e. The van der Waals surface area contributed by atoms with Gasteiger partial charge in [-0.25, -0.2) is 0 Å². The lowest BCUT2D eigenvalue weighted by atomic mass is 10.0. The SMILES string of the molecule is CC/C=C\C/C=C\C/C=C\C/C=C\C/C=C\C/C=C\CCCCCCCCCCCCCCCCCCCCC(=O)NC(CO)C(O)/C=C/CC/C=C/CCCCCCCC. The summed E-state index contributed by atoms with van der Waals surface area (Å²) in [7, 11) is 0. The highest BCUT2D eigenvalue weighted by molar-refractivity contribution is 5.76. The second-order valence-corrected chi connectivity index (χ2v) is 17.2. The number of aliphatic hydroxyl groups is 2. The Morgan fingerprint density at radius 2 is 0.738 bits per heavy atom.